The zero-order valence-electron chi connectivity index (χ0n) is 17.8. The van der Waals surface area contributed by atoms with Crippen LogP contribution in [0.2, 0.25) is 0 Å². The molecule has 0 unspecified atom stereocenters. The maximum atomic E-state index is 6.76. The highest BCUT2D eigenvalue weighted by molar-refractivity contribution is 7.26. The average Bonchev–Trinajstić information content (AvgIpc) is 3.39. The normalized spacial score (nSPS) is 11.8. The number of para-hydroxylation sites is 2. The molecule has 5 aromatic carbocycles. The molecule has 2 nitrogen and oxygen atoms in total. The van der Waals surface area contributed by atoms with Crippen molar-refractivity contribution in [3.05, 3.63) is 109 Å². The summed E-state index contributed by atoms with van der Waals surface area (Å²) in [7, 11) is 0. The fraction of sp³-hybridized carbons (Fsp3) is 0. The Balaban J connectivity index is 1.57. The summed E-state index contributed by atoms with van der Waals surface area (Å²) in [5, 5.41) is 5.05. The second-order valence-electron chi connectivity index (χ2n) is 8.43. The van der Waals surface area contributed by atoms with E-state index in [0.29, 0.717) is 0 Å². The predicted molar refractivity (Wildman–Crippen MR) is 144 cm³/mol. The maximum absolute atomic E-state index is 6.76. The number of benzene rings is 5. The van der Waals surface area contributed by atoms with E-state index < -0.39 is 0 Å². The van der Waals surface area contributed by atoms with Crippen molar-refractivity contribution >= 4 is 59.0 Å². The molecule has 7 aromatic rings. The minimum absolute atomic E-state index is 0.799. The van der Waals surface area contributed by atoms with E-state index in [1.54, 1.807) is 0 Å². The van der Waals surface area contributed by atoms with Crippen LogP contribution in [0.25, 0.3) is 58.8 Å². The van der Waals surface area contributed by atoms with Crippen LogP contribution in [0.1, 0.15) is 0 Å². The third-order valence-electron chi connectivity index (χ3n) is 6.55. The van der Waals surface area contributed by atoms with Gasteiger partial charge in [-0.2, -0.15) is 0 Å². The van der Waals surface area contributed by atoms with Gasteiger partial charge in [-0.25, -0.2) is 0 Å². The number of aromatic nitrogens is 1. The van der Waals surface area contributed by atoms with Crippen molar-refractivity contribution in [2.24, 2.45) is 0 Å². The van der Waals surface area contributed by atoms with E-state index in [4.69, 9.17) is 5.73 Å². The van der Waals surface area contributed by atoms with E-state index >= 15 is 0 Å². The Morgan fingerprint density at radius 1 is 0.545 bits per heavy atom. The van der Waals surface area contributed by atoms with Crippen molar-refractivity contribution in [3.63, 3.8) is 0 Å². The van der Waals surface area contributed by atoms with E-state index in [0.717, 1.165) is 22.5 Å². The second-order valence-corrected chi connectivity index (χ2v) is 9.48. The Kier molecular flexibility index (Phi) is 3.90. The standard InChI is InChI=1S/C30H20N2S/c31-26-18-28-25(20-11-4-6-15-27(20)32(28)19-9-2-1-3-10-19)17-24(26)23-14-8-13-22-21-12-5-7-16-29(21)33-30(22)23/h1-18H,31H2. The first-order chi connectivity index (χ1) is 16.3. The highest BCUT2D eigenvalue weighted by Gasteiger charge is 2.17. The quantitative estimate of drug-likeness (QED) is 0.269. The highest BCUT2D eigenvalue weighted by Crippen LogP contribution is 2.43. The number of rotatable bonds is 2. The van der Waals surface area contributed by atoms with Crippen LogP contribution in [0.3, 0.4) is 0 Å². The molecule has 0 fully saturated rings. The maximum Gasteiger partial charge on any atom is 0.0562 e. The third kappa shape index (κ3) is 2.66. The van der Waals surface area contributed by atoms with Crippen LogP contribution in [-0.4, -0.2) is 4.57 Å². The van der Waals surface area contributed by atoms with Crippen molar-refractivity contribution in [3.8, 4) is 16.8 Å². The lowest BCUT2D eigenvalue weighted by Gasteiger charge is -2.11. The SMILES string of the molecule is Nc1cc2c(cc1-c1cccc3c1sc1ccccc13)c1ccccc1n2-c1ccccc1. The van der Waals surface area contributed by atoms with Gasteiger partial charge in [0.25, 0.3) is 0 Å². The minimum Gasteiger partial charge on any atom is -0.398 e. The van der Waals surface area contributed by atoms with Crippen LogP contribution in [0.4, 0.5) is 5.69 Å². The second kappa shape index (κ2) is 6.96. The molecule has 156 valence electrons. The molecule has 0 atom stereocenters. The molecule has 0 bridgehead atoms. The molecule has 0 aliphatic heterocycles. The summed E-state index contributed by atoms with van der Waals surface area (Å²) in [6.07, 6.45) is 0. The van der Waals surface area contributed by atoms with Gasteiger partial charge in [-0.3, -0.25) is 0 Å². The van der Waals surface area contributed by atoms with Crippen molar-refractivity contribution in [1.82, 2.24) is 4.57 Å². The number of hydrogen-bond donors (Lipinski definition) is 1. The van der Waals surface area contributed by atoms with E-state index in [9.17, 15) is 0 Å². The molecular weight excluding hydrogens is 420 g/mol. The summed E-state index contributed by atoms with van der Waals surface area (Å²) in [6, 6.07) is 38.7. The Labute approximate surface area is 195 Å². The number of anilines is 1. The Bertz CT molecular complexity index is 1820. The summed E-state index contributed by atoms with van der Waals surface area (Å²) in [5.74, 6) is 0. The van der Waals surface area contributed by atoms with Gasteiger partial charge in [0.05, 0.1) is 11.0 Å². The summed E-state index contributed by atoms with van der Waals surface area (Å²) >= 11 is 1.84. The molecule has 0 radical (unpaired) electrons. The number of nitrogen functional groups attached to an aromatic ring is 1. The molecule has 33 heavy (non-hydrogen) atoms. The Morgan fingerprint density at radius 2 is 1.27 bits per heavy atom. The molecule has 0 aliphatic rings. The summed E-state index contributed by atoms with van der Waals surface area (Å²) < 4.78 is 4.90. The molecule has 2 heterocycles. The van der Waals surface area contributed by atoms with Crippen LogP contribution in [-0.2, 0) is 0 Å². The lowest BCUT2D eigenvalue weighted by atomic mass is 9.99. The van der Waals surface area contributed by atoms with Crippen LogP contribution < -0.4 is 5.73 Å². The van der Waals surface area contributed by atoms with Gasteiger partial charge < -0.3 is 10.3 Å². The molecular formula is C30H20N2S. The van der Waals surface area contributed by atoms with E-state index in [2.05, 4.69) is 114 Å². The Morgan fingerprint density at radius 3 is 2.15 bits per heavy atom. The van der Waals surface area contributed by atoms with Gasteiger partial charge in [-0.05, 0) is 36.4 Å². The lowest BCUT2D eigenvalue weighted by Crippen LogP contribution is -1.95. The molecule has 2 N–H and O–H groups in total. The monoisotopic (exact) mass is 440 g/mol. The molecule has 3 heteroatoms. The van der Waals surface area contributed by atoms with Crippen molar-refractivity contribution in [2.45, 2.75) is 0 Å². The molecule has 0 saturated carbocycles. The van der Waals surface area contributed by atoms with E-state index in [-0.39, 0.29) is 0 Å². The first-order valence-corrected chi connectivity index (χ1v) is 11.9. The van der Waals surface area contributed by atoms with Crippen molar-refractivity contribution < 1.29 is 0 Å². The van der Waals surface area contributed by atoms with E-state index in [1.807, 2.05) is 11.3 Å². The highest BCUT2D eigenvalue weighted by atomic mass is 32.1. The summed E-state index contributed by atoms with van der Waals surface area (Å²) in [6.45, 7) is 0. The average molecular weight is 441 g/mol. The van der Waals surface area contributed by atoms with Gasteiger partial charge in [-0.15, -0.1) is 11.3 Å². The number of thiophene rings is 1. The predicted octanol–water partition coefficient (Wildman–Crippen LogP) is 8.40. The van der Waals surface area contributed by atoms with Gasteiger partial charge in [0.1, 0.15) is 0 Å². The fourth-order valence-corrected chi connectivity index (χ4v) is 6.31. The molecule has 0 saturated heterocycles. The largest absolute Gasteiger partial charge is 0.398 e. The van der Waals surface area contributed by atoms with Gasteiger partial charge in [0.2, 0.25) is 0 Å². The molecule has 0 amide bonds. The smallest absolute Gasteiger partial charge is 0.0562 e. The van der Waals surface area contributed by atoms with Crippen molar-refractivity contribution in [1.29, 1.82) is 0 Å². The molecule has 0 aliphatic carbocycles. The van der Waals surface area contributed by atoms with Gasteiger partial charge in [0.15, 0.2) is 0 Å². The number of fused-ring (bicyclic) bond motifs is 6. The van der Waals surface area contributed by atoms with Crippen LogP contribution in [0, 0.1) is 0 Å². The first kappa shape index (κ1) is 18.5. The van der Waals surface area contributed by atoms with E-state index in [1.165, 1.54) is 42.0 Å². The minimum atomic E-state index is 0.799. The van der Waals surface area contributed by atoms with Crippen LogP contribution in [0.15, 0.2) is 109 Å². The fourth-order valence-electron chi connectivity index (χ4n) is 5.08. The Hall–Kier alpha value is -4.08. The molecule has 7 rings (SSSR count). The molecule has 2 aromatic heterocycles. The topological polar surface area (TPSA) is 30.9 Å². The van der Waals surface area contributed by atoms with Gasteiger partial charge >= 0.3 is 0 Å². The van der Waals surface area contributed by atoms with Crippen LogP contribution in [0.5, 0.6) is 0 Å². The lowest BCUT2D eigenvalue weighted by molar-refractivity contribution is 1.18. The summed E-state index contributed by atoms with van der Waals surface area (Å²) in [4.78, 5) is 0. The summed E-state index contributed by atoms with van der Waals surface area (Å²) in [5.41, 5.74) is 13.3. The number of nitrogens with two attached hydrogens (primary N) is 1. The number of nitrogens with zero attached hydrogens (tertiary/aromatic N) is 1. The van der Waals surface area contributed by atoms with Gasteiger partial charge in [0, 0.05) is 53.4 Å². The number of hydrogen-bond acceptors (Lipinski definition) is 2. The van der Waals surface area contributed by atoms with Crippen LogP contribution >= 0.6 is 11.3 Å². The van der Waals surface area contributed by atoms with Crippen molar-refractivity contribution in [2.75, 3.05) is 5.73 Å². The zero-order valence-corrected chi connectivity index (χ0v) is 18.6. The first-order valence-electron chi connectivity index (χ1n) is 11.1. The molecule has 0 spiro atoms. The van der Waals surface area contributed by atoms with Gasteiger partial charge in [-0.1, -0.05) is 72.8 Å². The zero-order chi connectivity index (χ0) is 21.9. The third-order valence-corrected chi connectivity index (χ3v) is 7.77.